The second kappa shape index (κ2) is 8.63. The van der Waals surface area contributed by atoms with Gasteiger partial charge in [-0.05, 0) is 26.7 Å². The van der Waals surface area contributed by atoms with Crippen molar-refractivity contribution in [2.45, 2.75) is 39.2 Å². The van der Waals surface area contributed by atoms with Crippen LogP contribution in [0.3, 0.4) is 0 Å². The van der Waals surface area contributed by atoms with E-state index in [0.717, 1.165) is 0 Å². The molecule has 0 spiro atoms. The van der Waals surface area contributed by atoms with Gasteiger partial charge in [-0.1, -0.05) is 0 Å². The largest absolute Gasteiger partial charge is 0.481 e. The fourth-order valence-corrected chi connectivity index (χ4v) is 1.36. The highest BCUT2D eigenvalue weighted by Gasteiger charge is 2.18. The molecule has 6 nitrogen and oxygen atoms in total. The number of methoxy groups -OCH3 is 1. The molecular weight excluding hydrogens is 240 g/mol. The quantitative estimate of drug-likeness (QED) is 0.622. The molecule has 0 aromatic rings. The van der Waals surface area contributed by atoms with E-state index in [-0.39, 0.29) is 31.1 Å². The molecular formula is C12H20O6. The maximum absolute atomic E-state index is 11.3. The Morgan fingerprint density at radius 2 is 1.83 bits per heavy atom. The average Bonchev–Trinajstić information content (AvgIpc) is 2.31. The molecule has 18 heavy (non-hydrogen) atoms. The van der Waals surface area contributed by atoms with Gasteiger partial charge in [0.25, 0.3) is 0 Å². The molecule has 2 unspecified atom stereocenters. The lowest BCUT2D eigenvalue weighted by molar-refractivity contribution is -0.155. The van der Waals surface area contributed by atoms with Crippen molar-refractivity contribution in [3.8, 4) is 0 Å². The van der Waals surface area contributed by atoms with E-state index < -0.39 is 18.0 Å². The van der Waals surface area contributed by atoms with Crippen molar-refractivity contribution in [1.82, 2.24) is 0 Å². The summed E-state index contributed by atoms with van der Waals surface area (Å²) in [7, 11) is 1.40. The second-order valence-electron chi connectivity index (χ2n) is 4.07. The Bertz CT molecular complexity index is 299. The van der Waals surface area contributed by atoms with Crippen LogP contribution in [0.1, 0.15) is 33.1 Å². The number of carboxylic acids is 1. The molecule has 104 valence electrons. The van der Waals surface area contributed by atoms with E-state index in [1.165, 1.54) is 14.0 Å². The Morgan fingerprint density at radius 1 is 1.22 bits per heavy atom. The molecule has 0 fully saturated rings. The van der Waals surface area contributed by atoms with Crippen molar-refractivity contribution >= 4 is 17.7 Å². The first-order valence-electron chi connectivity index (χ1n) is 5.80. The van der Waals surface area contributed by atoms with E-state index in [9.17, 15) is 14.4 Å². The summed E-state index contributed by atoms with van der Waals surface area (Å²) in [5.41, 5.74) is 0. The summed E-state index contributed by atoms with van der Waals surface area (Å²) in [5.74, 6) is -1.90. The van der Waals surface area contributed by atoms with Crippen LogP contribution in [0.4, 0.5) is 0 Å². The van der Waals surface area contributed by atoms with E-state index in [4.69, 9.17) is 14.6 Å². The molecule has 0 rings (SSSR count). The third-order valence-electron chi connectivity index (χ3n) is 2.68. The summed E-state index contributed by atoms with van der Waals surface area (Å²) in [6.45, 7) is 3.07. The summed E-state index contributed by atoms with van der Waals surface area (Å²) >= 11 is 0. The second-order valence-corrected chi connectivity index (χ2v) is 4.07. The lowest BCUT2D eigenvalue weighted by atomic mass is 9.96. The standard InChI is InChI=1S/C12H20O6/c1-8(13)10(4-5-11(14)15)6-7-18-12(16)9(2)17-3/h9-10H,4-7H2,1-3H3,(H,14,15). The molecule has 0 heterocycles. The van der Waals surface area contributed by atoms with E-state index in [0.29, 0.717) is 6.42 Å². The highest BCUT2D eigenvalue weighted by molar-refractivity contribution is 5.79. The van der Waals surface area contributed by atoms with E-state index in [1.54, 1.807) is 6.92 Å². The molecule has 6 heteroatoms. The number of carboxylic acid groups (broad SMARTS) is 1. The van der Waals surface area contributed by atoms with Crippen LogP contribution < -0.4 is 0 Å². The molecule has 0 aliphatic heterocycles. The number of ketones is 1. The lowest BCUT2D eigenvalue weighted by Crippen LogP contribution is -2.24. The van der Waals surface area contributed by atoms with Gasteiger partial charge in [0.2, 0.25) is 0 Å². The number of ether oxygens (including phenoxy) is 2. The third kappa shape index (κ3) is 7.01. The smallest absolute Gasteiger partial charge is 0.334 e. The van der Waals surface area contributed by atoms with Crippen LogP contribution in [0, 0.1) is 5.92 Å². The summed E-state index contributed by atoms with van der Waals surface area (Å²) in [6, 6.07) is 0. The van der Waals surface area contributed by atoms with Gasteiger partial charge in [-0.15, -0.1) is 0 Å². The fourth-order valence-electron chi connectivity index (χ4n) is 1.36. The predicted molar refractivity (Wildman–Crippen MR) is 63.1 cm³/mol. The minimum Gasteiger partial charge on any atom is -0.481 e. The Kier molecular flexibility index (Phi) is 7.94. The van der Waals surface area contributed by atoms with Gasteiger partial charge >= 0.3 is 11.9 Å². The first-order valence-corrected chi connectivity index (χ1v) is 5.80. The van der Waals surface area contributed by atoms with Gasteiger partial charge in [0.05, 0.1) is 6.61 Å². The molecule has 0 radical (unpaired) electrons. The van der Waals surface area contributed by atoms with Crippen molar-refractivity contribution in [2.24, 2.45) is 5.92 Å². The molecule has 0 aromatic heterocycles. The van der Waals surface area contributed by atoms with E-state index in [2.05, 4.69) is 0 Å². The minimum absolute atomic E-state index is 0.0628. The first kappa shape index (κ1) is 16.6. The molecule has 0 aliphatic rings. The molecule has 0 aromatic carbocycles. The number of rotatable bonds is 9. The Balaban J connectivity index is 4.01. The van der Waals surface area contributed by atoms with Crippen LogP contribution in [0.5, 0.6) is 0 Å². The molecule has 0 aliphatic carbocycles. The third-order valence-corrected chi connectivity index (χ3v) is 2.68. The van der Waals surface area contributed by atoms with Crippen LogP contribution >= 0.6 is 0 Å². The normalized spacial score (nSPS) is 13.7. The molecule has 0 saturated carbocycles. The van der Waals surface area contributed by atoms with Crippen molar-refractivity contribution in [3.05, 3.63) is 0 Å². The van der Waals surface area contributed by atoms with Gasteiger partial charge in [-0.3, -0.25) is 9.59 Å². The fraction of sp³-hybridized carbons (Fsp3) is 0.750. The van der Waals surface area contributed by atoms with E-state index >= 15 is 0 Å². The molecule has 2 atom stereocenters. The van der Waals surface area contributed by atoms with Crippen molar-refractivity contribution in [1.29, 1.82) is 0 Å². The van der Waals surface area contributed by atoms with Crippen LogP contribution in [-0.2, 0) is 23.9 Å². The van der Waals surface area contributed by atoms with Gasteiger partial charge < -0.3 is 14.6 Å². The summed E-state index contributed by atoms with van der Waals surface area (Å²) in [6.07, 6.45) is -0.0979. The van der Waals surface area contributed by atoms with Gasteiger partial charge in [0, 0.05) is 19.4 Å². The first-order chi connectivity index (χ1) is 8.38. The number of aliphatic carboxylic acids is 1. The van der Waals surface area contributed by atoms with Crippen LogP contribution in [0.25, 0.3) is 0 Å². The maximum atomic E-state index is 11.3. The van der Waals surface area contributed by atoms with Gasteiger partial charge in [-0.2, -0.15) is 0 Å². The maximum Gasteiger partial charge on any atom is 0.334 e. The number of carbonyl (C=O) groups excluding carboxylic acids is 2. The van der Waals surface area contributed by atoms with Crippen molar-refractivity contribution in [2.75, 3.05) is 13.7 Å². The Morgan fingerprint density at radius 3 is 2.28 bits per heavy atom. The summed E-state index contributed by atoms with van der Waals surface area (Å²) < 4.78 is 9.70. The zero-order valence-corrected chi connectivity index (χ0v) is 11.0. The van der Waals surface area contributed by atoms with Gasteiger partial charge in [-0.25, -0.2) is 4.79 Å². The number of hydrogen-bond acceptors (Lipinski definition) is 5. The molecule has 0 bridgehead atoms. The number of carbonyl (C=O) groups is 3. The molecule has 0 amide bonds. The zero-order chi connectivity index (χ0) is 14.1. The van der Waals surface area contributed by atoms with Gasteiger partial charge in [0.15, 0.2) is 6.10 Å². The summed E-state index contributed by atoms with van der Waals surface area (Å²) in [5, 5.41) is 8.55. The average molecular weight is 260 g/mol. The van der Waals surface area contributed by atoms with Crippen LogP contribution in [-0.4, -0.2) is 42.6 Å². The predicted octanol–water partition coefficient (Wildman–Crippen LogP) is 1.02. The molecule has 0 saturated heterocycles. The van der Waals surface area contributed by atoms with Crippen LogP contribution in [0.2, 0.25) is 0 Å². The zero-order valence-electron chi connectivity index (χ0n) is 11.0. The van der Waals surface area contributed by atoms with Crippen molar-refractivity contribution < 1.29 is 29.0 Å². The Hall–Kier alpha value is -1.43. The van der Waals surface area contributed by atoms with E-state index in [1.807, 2.05) is 0 Å². The summed E-state index contributed by atoms with van der Waals surface area (Å²) in [4.78, 5) is 33.0. The minimum atomic E-state index is -0.939. The topological polar surface area (TPSA) is 89.9 Å². The highest BCUT2D eigenvalue weighted by Crippen LogP contribution is 2.13. The SMILES string of the molecule is COC(C)C(=O)OCCC(CCC(=O)O)C(C)=O. The number of hydrogen-bond donors (Lipinski definition) is 1. The Labute approximate surface area is 106 Å². The number of Topliss-reactive ketones (excluding diaryl/α,β-unsaturated/α-hetero) is 1. The molecule has 1 N–H and O–H groups in total. The highest BCUT2D eigenvalue weighted by atomic mass is 16.6. The van der Waals surface area contributed by atoms with Crippen molar-refractivity contribution in [3.63, 3.8) is 0 Å². The number of esters is 1. The van der Waals surface area contributed by atoms with Gasteiger partial charge in [0.1, 0.15) is 5.78 Å². The van der Waals surface area contributed by atoms with Crippen LogP contribution in [0.15, 0.2) is 0 Å². The lowest BCUT2D eigenvalue weighted by Gasteiger charge is -2.14. The monoisotopic (exact) mass is 260 g/mol.